The molecular formula is C35H38N4O3. The van der Waals surface area contributed by atoms with E-state index in [-0.39, 0.29) is 11.8 Å². The molecular weight excluding hydrogens is 524 g/mol. The van der Waals surface area contributed by atoms with E-state index >= 15 is 0 Å². The Kier molecular flexibility index (Phi) is 9.07. The van der Waals surface area contributed by atoms with Gasteiger partial charge in [-0.3, -0.25) is 9.59 Å². The summed E-state index contributed by atoms with van der Waals surface area (Å²) in [6.07, 6.45) is 0. The Hall–Kier alpha value is -4.78. The van der Waals surface area contributed by atoms with E-state index in [1.165, 1.54) is 0 Å². The number of rotatable bonds is 9. The van der Waals surface area contributed by atoms with Crippen LogP contribution < -0.4 is 25.2 Å². The average molecular weight is 563 g/mol. The summed E-state index contributed by atoms with van der Waals surface area (Å²) in [5, 5.41) is 6.05. The number of methoxy groups -OCH3 is 1. The summed E-state index contributed by atoms with van der Waals surface area (Å²) < 4.78 is 5.57. The quantitative estimate of drug-likeness (QED) is 0.250. The van der Waals surface area contributed by atoms with Crippen molar-refractivity contribution in [3.05, 3.63) is 108 Å². The van der Waals surface area contributed by atoms with Crippen LogP contribution in [-0.4, -0.2) is 51.6 Å². The summed E-state index contributed by atoms with van der Waals surface area (Å²) in [6, 6.07) is 31.2. The predicted molar refractivity (Wildman–Crippen MR) is 171 cm³/mol. The first-order chi connectivity index (χ1) is 20.4. The van der Waals surface area contributed by atoms with Crippen LogP contribution in [0.5, 0.6) is 5.75 Å². The van der Waals surface area contributed by atoms with E-state index in [0.717, 1.165) is 54.4 Å². The number of nitrogens with one attached hydrogen (secondary N) is 2. The Morgan fingerprint density at radius 3 is 2.02 bits per heavy atom. The number of hydrogen-bond donors (Lipinski definition) is 2. The number of amides is 2. The van der Waals surface area contributed by atoms with E-state index in [2.05, 4.69) is 40.3 Å². The van der Waals surface area contributed by atoms with Crippen molar-refractivity contribution in [2.24, 2.45) is 5.92 Å². The summed E-state index contributed by atoms with van der Waals surface area (Å²) in [7, 11) is 1.69. The molecule has 0 spiro atoms. The average Bonchev–Trinajstić information content (AvgIpc) is 3.04. The fraction of sp³-hybridized carbons (Fsp3) is 0.257. The van der Waals surface area contributed by atoms with Gasteiger partial charge in [0.25, 0.3) is 11.8 Å². The molecule has 1 aliphatic rings. The third-order valence-corrected chi connectivity index (χ3v) is 7.47. The Balaban J connectivity index is 1.33. The van der Waals surface area contributed by atoms with Crippen LogP contribution >= 0.6 is 0 Å². The Labute approximate surface area is 248 Å². The van der Waals surface area contributed by atoms with Gasteiger partial charge < -0.3 is 25.2 Å². The van der Waals surface area contributed by atoms with Crippen LogP contribution in [0.15, 0.2) is 97.1 Å². The largest absolute Gasteiger partial charge is 0.495 e. The van der Waals surface area contributed by atoms with Gasteiger partial charge >= 0.3 is 0 Å². The van der Waals surface area contributed by atoms with Crippen LogP contribution in [0.3, 0.4) is 0 Å². The number of piperazine rings is 1. The van der Waals surface area contributed by atoms with Gasteiger partial charge in [0.1, 0.15) is 5.75 Å². The summed E-state index contributed by atoms with van der Waals surface area (Å²) in [5.74, 6) is 0.813. The molecule has 216 valence electrons. The van der Waals surface area contributed by atoms with Crippen molar-refractivity contribution in [1.29, 1.82) is 0 Å². The molecule has 0 saturated carbocycles. The standard InChI is InChI=1S/C35H38N4O3/c1-25(2)24-36-35(41)30-23-29(37-34(40)28-15-13-27(14-16-28)26-9-5-4-6-10-26)17-18-31(30)38-19-21-39(22-20-38)32-11-7-8-12-33(32)42-3/h4-18,23,25H,19-22,24H2,1-3H3,(H,36,41)(H,37,40). The highest BCUT2D eigenvalue weighted by Crippen LogP contribution is 2.31. The maximum atomic E-state index is 13.4. The normalized spacial score (nSPS) is 13.1. The van der Waals surface area contributed by atoms with Crippen molar-refractivity contribution >= 4 is 28.9 Å². The third-order valence-electron chi connectivity index (χ3n) is 7.47. The van der Waals surface area contributed by atoms with Crippen molar-refractivity contribution in [2.45, 2.75) is 13.8 Å². The summed E-state index contributed by atoms with van der Waals surface area (Å²) >= 11 is 0. The Morgan fingerprint density at radius 2 is 1.36 bits per heavy atom. The molecule has 4 aromatic rings. The van der Waals surface area contributed by atoms with Gasteiger partial charge in [0.05, 0.1) is 18.4 Å². The molecule has 2 N–H and O–H groups in total. The molecule has 0 radical (unpaired) electrons. The zero-order valence-corrected chi connectivity index (χ0v) is 24.5. The van der Waals surface area contributed by atoms with Crippen LogP contribution in [0, 0.1) is 5.92 Å². The Bertz CT molecular complexity index is 1510. The zero-order valence-electron chi connectivity index (χ0n) is 24.5. The van der Waals surface area contributed by atoms with Crippen LogP contribution in [0.4, 0.5) is 17.1 Å². The summed E-state index contributed by atoms with van der Waals surface area (Å²) in [5.41, 5.74) is 5.77. The lowest BCUT2D eigenvalue weighted by atomic mass is 10.0. The number of benzene rings is 4. The van der Waals surface area contributed by atoms with E-state index in [4.69, 9.17) is 4.74 Å². The van der Waals surface area contributed by atoms with Gasteiger partial charge in [0.2, 0.25) is 0 Å². The van der Waals surface area contributed by atoms with E-state index in [0.29, 0.717) is 29.3 Å². The van der Waals surface area contributed by atoms with Gasteiger partial charge in [-0.2, -0.15) is 0 Å². The minimum absolute atomic E-state index is 0.144. The van der Waals surface area contributed by atoms with Crippen molar-refractivity contribution in [2.75, 3.05) is 55.0 Å². The van der Waals surface area contributed by atoms with Crippen molar-refractivity contribution < 1.29 is 14.3 Å². The fourth-order valence-corrected chi connectivity index (χ4v) is 5.19. The van der Waals surface area contributed by atoms with E-state index < -0.39 is 0 Å². The van der Waals surface area contributed by atoms with Gasteiger partial charge in [-0.25, -0.2) is 0 Å². The topological polar surface area (TPSA) is 73.9 Å². The van der Waals surface area contributed by atoms with Crippen molar-refractivity contribution in [1.82, 2.24) is 5.32 Å². The molecule has 1 aliphatic heterocycles. The lowest BCUT2D eigenvalue weighted by Gasteiger charge is -2.38. The maximum Gasteiger partial charge on any atom is 0.255 e. The van der Waals surface area contributed by atoms with Gasteiger partial charge in [-0.15, -0.1) is 0 Å². The van der Waals surface area contributed by atoms with Gasteiger partial charge in [0, 0.05) is 49.7 Å². The van der Waals surface area contributed by atoms with Crippen LogP contribution in [0.1, 0.15) is 34.6 Å². The van der Waals surface area contributed by atoms with Crippen molar-refractivity contribution in [3.8, 4) is 16.9 Å². The maximum absolute atomic E-state index is 13.4. The second-order valence-corrected chi connectivity index (χ2v) is 10.9. The molecule has 0 unspecified atom stereocenters. The molecule has 0 bridgehead atoms. The summed E-state index contributed by atoms with van der Waals surface area (Å²) in [6.45, 7) is 7.81. The number of hydrogen-bond acceptors (Lipinski definition) is 5. The first-order valence-corrected chi connectivity index (χ1v) is 14.4. The SMILES string of the molecule is COc1ccccc1N1CCN(c2ccc(NC(=O)c3ccc(-c4ccccc4)cc3)cc2C(=O)NCC(C)C)CC1. The molecule has 4 aromatic carbocycles. The molecule has 7 nitrogen and oxygen atoms in total. The second-order valence-electron chi connectivity index (χ2n) is 10.9. The van der Waals surface area contributed by atoms with Gasteiger partial charge in [-0.05, 0) is 59.5 Å². The van der Waals surface area contributed by atoms with Gasteiger partial charge in [-0.1, -0.05) is 68.4 Å². The second kappa shape index (κ2) is 13.3. The van der Waals surface area contributed by atoms with E-state index in [1.54, 1.807) is 13.2 Å². The molecule has 42 heavy (non-hydrogen) atoms. The molecule has 1 saturated heterocycles. The Morgan fingerprint density at radius 1 is 0.738 bits per heavy atom. The highest BCUT2D eigenvalue weighted by Gasteiger charge is 2.24. The molecule has 0 aromatic heterocycles. The van der Waals surface area contributed by atoms with Gasteiger partial charge in [0.15, 0.2) is 0 Å². The number of carbonyl (C=O) groups is 2. The molecule has 5 rings (SSSR count). The number of carbonyl (C=O) groups excluding carboxylic acids is 2. The molecule has 2 amide bonds. The van der Waals surface area contributed by atoms with Crippen LogP contribution in [-0.2, 0) is 0 Å². The molecule has 1 heterocycles. The highest BCUT2D eigenvalue weighted by atomic mass is 16.5. The van der Waals surface area contributed by atoms with Crippen molar-refractivity contribution in [3.63, 3.8) is 0 Å². The summed E-state index contributed by atoms with van der Waals surface area (Å²) in [4.78, 5) is 31.1. The number of para-hydroxylation sites is 2. The van der Waals surface area contributed by atoms with Crippen LogP contribution in [0.2, 0.25) is 0 Å². The minimum Gasteiger partial charge on any atom is -0.495 e. The van der Waals surface area contributed by atoms with E-state index in [9.17, 15) is 9.59 Å². The van der Waals surface area contributed by atoms with E-state index in [1.807, 2.05) is 84.9 Å². The molecule has 0 atom stereocenters. The predicted octanol–water partition coefficient (Wildman–Crippen LogP) is 6.33. The molecule has 7 heteroatoms. The number of anilines is 3. The smallest absolute Gasteiger partial charge is 0.255 e. The monoisotopic (exact) mass is 562 g/mol. The molecule has 1 fully saturated rings. The zero-order chi connectivity index (χ0) is 29.5. The first-order valence-electron chi connectivity index (χ1n) is 14.4. The number of ether oxygens (including phenoxy) is 1. The minimum atomic E-state index is -0.221. The van der Waals surface area contributed by atoms with Crippen LogP contribution in [0.25, 0.3) is 11.1 Å². The number of nitrogens with zero attached hydrogens (tertiary/aromatic N) is 2. The fourth-order valence-electron chi connectivity index (χ4n) is 5.19. The molecule has 0 aliphatic carbocycles. The third kappa shape index (κ3) is 6.74. The first kappa shape index (κ1) is 28.7. The lowest BCUT2D eigenvalue weighted by Crippen LogP contribution is -2.47. The highest BCUT2D eigenvalue weighted by molar-refractivity contribution is 6.06. The lowest BCUT2D eigenvalue weighted by molar-refractivity contribution is 0.0948.